The molecule has 2 rings (SSSR count). The summed E-state index contributed by atoms with van der Waals surface area (Å²) in [5, 5.41) is 12.4. The first-order valence-electron chi connectivity index (χ1n) is 7.84. The van der Waals surface area contributed by atoms with E-state index in [4.69, 9.17) is 0 Å². The average molecular weight is 282 g/mol. The van der Waals surface area contributed by atoms with Crippen molar-refractivity contribution in [2.24, 2.45) is 11.8 Å². The molecule has 5 nitrogen and oxygen atoms in total. The maximum Gasteiger partial charge on any atom is 0.326 e. The predicted molar refractivity (Wildman–Crippen MR) is 76.5 cm³/mol. The molecule has 2 amide bonds. The molecule has 1 saturated heterocycles. The summed E-state index contributed by atoms with van der Waals surface area (Å²) in [6.45, 7) is 4.71. The summed E-state index contributed by atoms with van der Waals surface area (Å²) in [5.74, 6) is -0.312. The Balaban J connectivity index is 1.96. The first kappa shape index (κ1) is 15.1. The van der Waals surface area contributed by atoms with Crippen LogP contribution >= 0.6 is 0 Å². The summed E-state index contributed by atoms with van der Waals surface area (Å²) in [5.41, 5.74) is 0. The molecule has 0 aromatic carbocycles. The molecule has 1 aliphatic heterocycles. The van der Waals surface area contributed by atoms with Crippen molar-refractivity contribution in [3.05, 3.63) is 0 Å². The van der Waals surface area contributed by atoms with Gasteiger partial charge in [0, 0.05) is 12.6 Å². The number of unbranched alkanes of at least 4 members (excludes halogenated alkanes) is 1. The molecular weight excluding hydrogens is 256 g/mol. The van der Waals surface area contributed by atoms with Gasteiger partial charge >= 0.3 is 12.0 Å². The molecule has 2 aliphatic rings. The van der Waals surface area contributed by atoms with Crippen molar-refractivity contribution in [3.8, 4) is 0 Å². The Hall–Kier alpha value is -1.26. The summed E-state index contributed by atoms with van der Waals surface area (Å²) in [4.78, 5) is 25.4. The number of fused-ring (bicyclic) bond motifs is 1. The van der Waals surface area contributed by atoms with E-state index in [1.54, 1.807) is 4.90 Å². The lowest BCUT2D eigenvalue weighted by atomic mass is 9.94. The summed E-state index contributed by atoms with van der Waals surface area (Å²) < 4.78 is 0. The molecule has 0 aromatic rings. The quantitative estimate of drug-likeness (QED) is 0.813. The third-order valence-corrected chi connectivity index (χ3v) is 4.76. The fraction of sp³-hybridized carbons (Fsp3) is 0.867. The third-order valence-electron chi connectivity index (χ3n) is 4.76. The molecule has 5 heteroatoms. The van der Waals surface area contributed by atoms with Crippen molar-refractivity contribution in [2.75, 3.05) is 6.54 Å². The van der Waals surface area contributed by atoms with Crippen LogP contribution < -0.4 is 5.32 Å². The molecule has 2 N–H and O–H groups in total. The predicted octanol–water partition coefficient (Wildman–Crippen LogP) is 2.46. The van der Waals surface area contributed by atoms with Gasteiger partial charge in [0.25, 0.3) is 0 Å². The minimum atomic E-state index is -0.851. The number of hydrogen-bond donors (Lipinski definition) is 2. The van der Waals surface area contributed by atoms with Crippen LogP contribution in [0.15, 0.2) is 0 Å². The normalized spacial score (nSPS) is 30.1. The van der Waals surface area contributed by atoms with Crippen LogP contribution in [-0.2, 0) is 4.79 Å². The van der Waals surface area contributed by atoms with Crippen molar-refractivity contribution in [2.45, 2.75) is 64.5 Å². The fourth-order valence-electron chi connectivity index (χ4n) is 3.71. The van der Waals surface area contributed by atoms with E-state index in [0.29, 0.717) is 12.5 Å². The van der Waals surface area contributed by atoms with E-state index < -0.39 is 12.0 Å². The number of nitrogens with zero attached hydrogens (tertiary/aromatic N) is 1. The van der Waals surface area contributed by atoms with Crippen molar-refractivity contribution in [1.82, 2.24) is 10.2 Å². The Morgan fingerprint density at radius 3 is 2.80 bits per heavy atom. The van der Waals surface area contributed by atoms with Gasteiger partial charge in [0.15, 0.2) is 0 Å². The van der Waals surface area contributed by atoms with E-state index in [1.165, 1.54) is 0 Å². The van der Waals surface area contributed by atoms with Crippen LogP contribution in [0.25, 0.3) is 0 Å². The highest BCUT2D eigenvalue weighted by molar-refractivity contribution is 5.84. The van der Waals surface area contributed by atoms with Gasteiger partial charge in [-0.2, -0.15) is 0 Å². The molecule has 4 atom stereocenters. The number of carboxylic acid groups (broad SMARTS) is 1. The van der Waals surface area contributed by atoms with Gasteiger partial charge in [0.1, 0.15) is 6.04 Å². The lowest BCUT2D eigenvalue weighted by Crippen LogP contribution is -2.50. The Bertz CT molecular complexity index is 372. The average Bonchev–Trinajstić information content (AvgIpc) is 2.95. The molecule has 2 fully saturated rings. The van der Waals surface area contributed by atoms with Gasteiger partial charge in [-0.3, -0.25) is 0 Å². The van der Waals surface area contributed by atoms with Crippen molar-refractivity contribution in [3.63, 3.8) is 0 Å². The van der Waals surface area contributed by atoms with Crippen LogP contribution in [0, 0.1) is 11.8 Å². The summed E-state index contributed by atoms with van der Waals surface area (Å²) in [6.07, 6.45) is 6.23. The van der Waals surface area contributed by atoms with Crippen LogP contribution in [-0.4, -0.2) is 40.6 Å². The number of hydrogen-bond acceptors (Lipinski definition) is 2. The second kappa shape index (κ2) is 6.46. The van der Waals surface area contributed by atoms with Gasteiger partial charge < -0.3 is 15.3 Å². The minimum Gasteiger partial charge on any atom is -0.480 e. The molecule has 1 saturated carbocycles. The maximum absolute atomic E-state index is 12.3. The molecular formula is C15H26N2O3. The molecule has 1 heterocycles. The molecule has 0 spiro atoms. The molecule has 4 unspecified atom stereocenters. The monoisotopic (exact) mass is 282 g/mol. The van der Waals surface area contributed by atoms with E-state index in [9.17, 15) is 14.7 Å². The number of amides is 2. The highest BCUT2D eigenvalue weighted by Gasteiger charge is 2.49. The van der Waals surface area contributed by atoms with Crippen molar-refractivity contribution in [1.29, 1.82) is 0 Å². The van der Waals surface area contributed by atoms with E-state index in [-0.39, 0.29) is 18.0 Å². The number of carboxylic acids is 1. The van der Waals surface area contributed by atoms with Gasteiger partial charge in [-0.25, -0.2) is 9.59 Å². The number of rotatable bonds is 5. The van der Waals surface area contributed by atoms with Gasteiger partial charge in [0.2, 0.25) is 0 Å². The number of carbonyl (C=O) groups is 2. The second-order valence-corrected chi connectivity index (χ2v) is 6.28. The summed E-state index contributed by atoms with van der Waals surface area (Å²) in [6, 6.07) is -0.714. The zero-order valence-corrected chi connectivity index (χ0v) is 12.5. The Morgan fingerprint density at radius 1 is 1.40 bits per heavy atom. The number of likely N-dealkylation sites (tertiary alicyclic amines) is 1. The van der Waals surface area contributed by atoms with Crippen LogP contribution in [0.2, 0.25) is 0 Å². The Labute approximate surface area is 120 Å². The lowest BCUT2D eigenvalue weighted by molar-refractivity contribution is -0.142. The first-order valence-corrected chi connectivity index (χ1v) is 7.84. The zero-order valence-electron chi connectivity index (χ0n) is 12.5. The molecule has 0 radical (unpaired) electrons. The van der Waals surface area contributed by atoms with Crippen LogP contribution in [0.4, 0.5) is 4.79 Å². The van der Waals surface area contributed by atoms with E-state index >= 15 is 0 Å². The maximum atomic E-state index is 12.3. The van der Waals surface area contributed by atoms with Crippen LogP contribution in [0.1, 0.15) is 52.4 Å². The van der Waals surface area contributed by atoms with E-state index in [1.807, 2.05) is 6.92 Å². The van der Waals surface area contributed by atoms with Gasteiger partial charge in [-0.15, -0.1) is 0 Å². The SMILES string of the molecule is CCCCC(C)NC(=O)N1CC2CCCC2C1C(=O)O. The molecule has 1 aliphatic carbocycles. The lowest BCUT2D eigenvalue weighted by Gasteiger charge is -2.26. The minimum absolute atomic E-state index is 0.109. The van der Waals surface area contributed by atoms with Gasteiger partial charge in [0.05, 0.1) is 0 Å². The van der Waals surface area contributed by atoms with Crippen molar-refractivity contribution >= 4 is 12.0 Å². The highest BCUT2D eigenvalue weighted by atomic mass is 16.4. The Kier molecular flexibility index (Phi) is 4.89. The number of aliphatic carboxylic acids is 1. The fourth-order valence-corrected chi connectivity index (χ4v) is 3.71. The van der Waals surface area contributed by atoms with Crippen LogP contribution in [0.5, 0.6) is 0 Å². The van der Waals surface area contributed by atoms with Gasteiger partial charge in [-0.05, 0) is 38.0 Å². The highest BCUT2D eigenvalue weighted by Crippen LogP contribution is 2.42. The molecule has 0 bridgehead atoms. The van der Waals surface area contributed by atoms with Crippen molar-refractivity contribution < 1.29 is 14.7 Å². The molecule has 20 heavy (non-hydrogen) atoms. The van der Waals surface area contributed by atoms with Gasteiger partial charge in [-0.1, -0.05) is 26.2 Å². The first-order chi connectivity index (χ1) is 9.54. The number of urea groups is 1. The summed E-state index contributed by atoms with van der Waals surface area (Å²) in [7, 11) is 0. The molecule has 0 aromatic heterocycles. The standard InChI is InChI=1S/C15H26N2O3/c1-3-4-6-10(2)16-15(20)17-9-11-7-5-8-12(11)13(17)14(18)19/h10-13H,3-9H2,1-2H3,(H,16,20)(H,18,19). The largest absolute Gasteiger partial charge is 0.480 e. The van der Waals surface area contributed by atoms with E-state index in [0.717, 1.165) is 38.5 Å². The molecule has 114 valence electrons. The topological polar surface area (TPSA) is 69.6 Å². The van der Waals surface area contributed by atoms with Crippen LogP contribution in [0.3, 0.4) is 0 Å². The number of nitrogens with one attached hydrogen (secondary N) is 1. The number of carbonyl (C=O) groups excluding carboxylic acids is 1. The summed E-state index contributed by atoms with van der Waals surface area (Å²) >= 11 is 0. The second-order valence-electron chi connectivity index (χ2n) is 6.28. The third kappa shape index (κ3) is 3.07. The smallest absolute Gasteiger partial charge is 0.326 e. The Morgan fingerprint density at radius 2 is 2.15 bits per heavy atom. The zero-order chi connectivity index (χ0) is 14.7. The van der Waals surface area contributed by atoms with E-state index in [2.05, 4.69) is 12.2 Å².